The zero-order valence-corrected chi connectivity index (χ0v) is 17.7. The van der Waals surface area contributed by atoms with Crippen LogP contribution in [0.4, 0.5) is 5.69 Å². The van der Waals surface area contributed by atoms with Crippen LogP contribution >= 0.6 is 0 Å². The van der Waals surface area contributed by atoms with Gasteiger partial charge in [0.1, 0.15) is 16.4 Å². The highest BCUT2D eigenvalue weighted by Gasteiger charge is 2.38. The fraction of sp³-hybridized carbons (Fsp3) is 0.400. The second-order valence-corrected chi connectivity index (χ2v) is 9.32. The molecule has 156 valence electrons. The molecule has 29 heavy (non-hydrogen) atoms. The molecule has 8 nitrogen and oxygen atoms in total. The summed E-state index contributed by atoms with van der Waals surface area (Å²) in [6, 6.07) is 8.65. The highest BCUT2D eigenvalue weighted by molar-refractivity contribution is 7.89. The standard InChI is InChI=1S/C20H25N3O5S/c1-13-7-14(2)9-18(8-13)28-19-6-5-17(23(24)25)10-20(19)29(26,27)22-15(3)11-21-12-16(22)4/h5-10,15-16,21H,11-12H2,1-4H3. The molecule has 3 rings (SSSR count). The summed E-state index contributed by atoms with van der Waals surface area (Å²) in [7, 11) is -4.02. The lowest BCUT2D eigenvalue weighted by atomic mass is 10.1. The van der Waals surface area contributed by atoms with Crippen LogP contribution in [0.25, 0.3) is 0 Å². The minimum atomic E-state index is -4.02. The van der Waals surface area contributed by atoms with Crippen molar-refractivity contribution in [3.8, 4) is 11.5 Å². The molecule has 1 fully saturated rings. The number of nitro benzene ring substituents is 1. The second-order valence-electron chi connectivity index (χ2n) is 7.50. The zero-order valence-electron chi connectivity index (χ0n) is 16.9. The third kappa shape index (κ3) is 4.42. The molecular weight excluding hydrogens is 394 g/mol. The number of hydrogen-bond donors (Lipinski definition) is 1. The van der Waals surface area contributed by atoms with Crippen molar-refractivity contribution < 1.29 is 18.1 Å². The normalized spacial score (nSPS) is 20.4. The maximum atomic E-state index is 13.5. The smallest absolute Gasteiger partial charge is 0.271 e. The van der Waals surface area contributed by atoms with Gasteiger partial charge in [-0.3, -0.25) is 10.1 Å². The number of piperazine rings is 1. The number of rotatable bonds is 5. The largest absolute Gasteiger partial charge is 0.456 e. The van der Waals surface area contributed by atoms with E-state index in [2.05, 4.69) is 5.32 Å². The van der Waals surface area contributed by atoms with Crippen molar-refractivity contribution in [2.75, 3.05) is 13.1 Å². The molecule has 0 bridgehead atoms. The molecule has 2 aromatic carbocycles. The summed E-state index contributed by atoms with van der Waals surface area (Å²) in [6.45, 7) is 8.45. The van der Waals surface area contributed by atoms with E-state index in [1.807, 2.05) is 33.8 Å². The molecule has 9 heteroatoms. The van der Waals surface area contributed by atoms with Gasteiger partial charge in [0.25, 0.3) is 5.69 Å². The van der Waals surface area contributed by atoms with Gasteiger partial charge in [-0.2, -0.15) is 4.31 Å². The number of aryl methyl sites for hydroxylation is 2. The third-order valence-electron chi connectivity index (χ3n) is 4.86. The summed E-state index contributed by atoms with van der Waals surface area (Å²) in [5.74, 6) is 0.549. The molecule has 1 aliphatic rings. The first-order valence-corrected chi connectivity index (χ1v) is 10.8. The van der Waals surface area contributed by atoms with Gasteiger partial charge >= 0.3 is 0 Å². The van der Waals surface area contributed by atoms with E-state index in [1.165, 1.54) is 16.4 Å². The minimum absolute atomic E-state index is 0.0681. The molecule has 0 saturated carbocycles. The quantitative estimate of drug-likeness (QED) is 0.589. The SMILES string of the molecule is Cc1cc(C)cc(Oc2ccc([N+](=O)[O-])cc2S(=O)(=O)N2C(C)CNCC2C)c1. The Morgan fingerprint density at radius 1 is 1.07 bits per heavy atom. The summed E-state index contributed by atoms with van der Waals surface area (Å²) in [4.78, 5) is 10.5. The lowest BCUT2D eigenvalue weighted by Crippen LogP contribution is -2.57. The van der Waals surface area contributed by atoms with Gasteiger partial charge in [-0.25, -0.2) is 8.42 Å². The third-order valence-corrected chi connectivity index (χ3v) is 7.01. The molecule has 2 atom stereocenters. The first-order valence-electron chi connectivity index (χ1n) is 9.38. The molecular formula is C20H25N3O5S. The topological polar surface area (TPSA) is 102 Å². The highest BCUT2D eigenvalue weighted by atomic mass is 32.2. The van der Waals surface area contributed by atoms with Gasteiger partial charge in [-0.05, 0) is 57.0 Å². The Hall–Kier alpha value is -2.49. The molecule has 0 aromatic heterocycles. The molecule has 2 unspecified atom stereocenters. The van der Waals surface area contributed by atoms with Crippen LogP contribution in [0.15, 0.2) is 41.3 Å². The van der Waals surface area contributed by atoms with Gasteiger partial charge in [-0.15, -0.1) is 0 Å². The molecule has 1 heterocycles. The number of nitrogens with one attached hydrogen (secondary N) is 1. The van der Waals surface area contributed by atoms with E-state index in [4.69, 9.17) is 4.74 Å². The van der Waals surface area contributed by atoms with E-state index in [0.717, 1.165) is 17.2 Å². The molecule has 0 spiro atoms. The Morgan fingerprint density at radius 3 is 2.21 bits per heavy atom. The fourth-order valence-corrected chi connectivity index (χ4v) is 5.68. The van der Waals surface area contributed by atoms with Crippen molar-refractivity contribution in [1.29, 1.82) is 0 Å². The number of hydrogen-bond acceptors (Lipinski definition) is 6. The van der Waals surface area contributed by atoms with Crippen molar-refractivity contribution >= 4 is 15.7 Å². The summed E-state index contributed by atoms with van der Waals surface area (Å²) >= 11 is 0. The van der Waals surface area contributed by atoms with E-state index in [1.54, 1.807) is 12.1 Å². The van der Waals surface area contributed by atoms with Crippen LogP contribution in [0.5, 0.6) is 11.5 Å². The van der Waals surface area contributed by atoms with Crippen LogP contribution in [0.3, 0.4) is 0 Å². The maximum Gasteiger partial charge on any atom is 0.271 e. The summed E-state index contributed by atoms with van der Waals surface area (Å²) in [5, 5.41) is 14.5. The molecule has 0 amide bonds. The van der Waals surface area contributed by atoms with E-state index in [0.29, 0.717) is 18.8 Å². The molecule has 1 N–H and O–H groups in total. The van der Waals surface area contributed by atoms with Crippen molar-refractivity contribution in [1.82, 2.24) is 9.62 Å². The van der Waals surface area contributed by atoms with Gasteiger partial charge in [0.05, 0.1) is 4.92 Å². The summed E-state index contributed by atoms with van der Waals surface area (Å²) < 4.78 is 34.4. The van der Waals surface area contributed by atoms with E-state index in [9.17, 15) is 18.5 Å². The minimum Gasteiger partial charge on any atom is -0.456 e. The molecule has 1 aliphatic heterocycles. The number of non-ortho nitro benzene ring substituents is 1. The first kappa shape index (κ1) is 21.2. The van der Waals surface area contributed by atoms with Crippen LogP contribution in [-0.2, 0) is 10.0 Å². The number of nitro groups is 1. The van der Waals surface area contributed by atoms with Gasteiger partial charge in [-0.1, -0.05) is 6.07 Å². The number of benzene rings is 2. The van der Waals surface area contributed by atoms with Gasteiger partial charge in [0.2, 0.25) is 10.0 Å². The monoisotopic (exact) mass is 419 g/mol. The van der Waals surface area contributed by atoms with E-state index in [-0.39, 0.29) is 28.4 Å². The van der Waals surface area contributed by atoms with Crippen molar-refractivity contribution in [3.05, 3.63) is 57.6 Å². The van der Waals surface area contributed by atoms with Crippen LogP contribution in [-0.4, -0.2) is 42.8 Å². The average Bonchev–Trinajstić information content (AvgIpc) is 2.60. The van der Waals surface area contributed by atoms with E-state index >= 15 is 0 Å². The van der Waals surface area contributed by atoms with Gasteiger partial charge in [0, 0.05) is 37.3 Å². The number of nitrogens with zero attached hydrogens (tertiary/aromatic N) is 2. The molecule has 1 saturated heterocycles. The van der Waals surface area contributed by atoms with E-state index < -0.39 is 14.9 Å². The van der Waals surface area contributed by atoms with Crippen LogP contribution < -0.4 is 10.1 Å². The number of sulfonamides is 1. The first-order chi connectivity index (χ1) is 13.6. The van der Waals surface area contributed by atoms with Crippen LogP contribution in [0.1, 0.15) is 25.0 Å². The van der Waals surface area contributed by atoms with Gasteiger partial charge < -0.3 is 10.1 Å². The van der Waals surface area contributed by atoms with Crippen molar-refractivity contribution in [2.24, 2.45) is 0 Å². The Morgan fingerprint density at radius 2 is 1.66 bits per heavy atom. The molecule has 2 aromatic rings. The number of ether oxygens (including phenoxy) is 1. The summed E-state index contributed by atoms with van der Waals surface area (Å²) in [6.07, 6.45) is 0. The zero-order chi connectivity index (χ0) is 21.3. The second kappa shape index (κ2) is 8.10. The predicted molar refractivity (Wildman–Crippen MR) is 110 cm³/mol. The summed E-state index contributed by atoms with van der Waals surface area (Å²) in [5.41, 5.74) is 1.64. The maximum absolute atomic E-state index is 13.5. The van der Waals surface area contributed by atoms with Crippen LogP contribution in [0, 0.1) is 24.0 Å². The highest BCUT2D eigenvalue weighted by Crippen LogP contribution is 2.36. The Labute approximate surface area is 170 Å². The lowest BCUT2D eigenvalue weighted by Gasteiger charge is -2.38. The van der Waals surface area contributed by atoms with Crippen molar-refractivity contribution in [2.45, 2.75) is 44.7 Å². The Balaban J connectivity index is 2.12. The lowest BCUT2D eigenvalue weighted by molar-refractivity contribution is -0.385. The predicted octanol–water partition coefficient (Wildman–Crippen LogP) is 3.37. The van der Waals surface area contributed by atoms with Crippen LogP contribution in [0.2, 0.25) is 0 Å². The van der Waals surface area contributed by atoms with Gasteiger partial charge in [0.15, 0.2) is 0 Å². The Bertz CT molecular complexity index is 1010. The average molecular weight is 420 g/mol. The van der Waals surface area contributed by atoms with Crippen molar-refractivity contribution in [3.63, 3.8) is 0 Å². The molecule has 0 radical (unpaired) electrons. The fourth-order valence-electron chi connectivity index (χ4n) is 3.72. The Kier molecular flexibility index (Phi) is 5.92. The molecule has 0 aliphatic carbocycles.